The number of hydrogen-bond donors (Lipinski definition) is 2. The lowest BCUT2D eigenvalue weighted by Gasteiger charge is -2.18. The Hall–Kier alpha value is -2.33. The number of carbonyl (C=O) groups excluding carboxylic acids is 1. The largest absolute Gasteiger partial charge is 0.496 e. The quantitative estimate of drug-likeness (QED) is 0.855. The molecule has 2 aromatic carbocycles. The van der Waals surface area contributed by atoms with Gasteiger partial charge in [-0.25, -0.2) is 0 Å². The SMILES string of the molecule is CCC(C)C(N)C(=O)Nc1cccc(-c2ccccc2OC)c1. The molecule has 0 aliphatic carbocycles. The molecule has 122 valence electrons. The van der Waals surface area contributed by atoms with E-state index in [1.165, 1.54) is 0 Å². The zero-order valence-corrected chi connectivity index (χ0v) is 13.9. The summed E-state index contributed by atoms with van der Waals surface area (Å²) in [6, 6.07) is 15.0. The van der Waals surface area contributed by atoms with Crippen molar-refractivity contribution in [1.82, 2.24) is 0 Å². The number of rotatable bonds is 6. The maximum atomic E-state index is 12.2. The molecule has 4 nitrogen and oxygen atoms in total. The van der Waals surface area contributed by atoms with Gasteiger partial charge in [-0.05, 0) is 29.7 Å². The molecule has 23 heavy (non-hydrogen) atoms. The zero-order valence-electron chi connectivity index (χ0n) is 13.9. The molecule has 0 fully saturated rings. The van der Waals surface area contributed by atoms with Gasteiger partial charge in [0.25, 0.3) is 0 Å². The maximum Gasteiger partial charge on any atom is 0.241 e. The summed E-state index contributed by atoms with van der Waals surface area (Å²) in [5.74, 6) is 0.788. The van der Waals surface area contributed by atoms with Gasteiger partial charge in [-0.2, -0.15) is 0 Å². The molecule has 2 aromatic rings. The lowest BCUT2D eigenvalue weighted by atomic mass is 9.99. The lowest BCUT2D eigenvalue weighted by molar-refractivity contribution is -0.118. The van der Waals surface area contributed by atoms with Crippen LogP contribution in [0.5, 0.6) is 5.75 Å². The van der Waals surface area contributed by atoms with Crippen molar-refractivity contribution in [2.24, 2.45) is 11.7 Å². The molecule has 0 aliphatic heterocycles. The maximum absolute atomic E-state index is 12.2. The summed E-state index contributed by atoms with van der Waals surface area (Å²) in [5.41, 5.74) is 8.68. The van der Waals surface area contributed by atoms with Crippen molar-refractivity contribution in [3.05, 3.63) is 48.5 Å². The summed E-state index contributed by atoms with van der Waals surface area (Å²) >= 11 is 0. The fourth-order valence-electron chi connectivity index (χ4n) is 2.39. The standard InChI is InChI=1S/C19H24N2O2/c1-4-13(2)18(20)19(22)21-15-9-7-8-14(12-15)16-10-5-6-11-17(16)23-3/h5-13,18H,4,20H2,1-3H3,(H,21,22). The number of hydrogen-bond acceptors (Lipinski definition) is 3. The van der Waals surface area contributed by atoms with Gasteiger partial charge in [0, 0.05) is 11.3 Å². The van der Waals surface area contributed by atoms with Gasteiger partial charge >= 0.3 is 0 Å². The van der Waals surface area contributed by atoms with Gasteiger partial charge in [0.15, 0.2) is 0 Å². The minimum Gasteiger partial charge on any atom is -0.496 e. The average Bonchev–Trinajstić information content (AvgIpc) is 2.60. The topological polar surface area (TPSA) is 64.4 Å². The van der Waals surface area contributed by atoms with Crippen LogP contribution in [0.4, 0.5) is 5.69 Å². The van der Waals surface area contributed by atoms with Crippen molar-refractivity contribution in [2.75, 3.05) is 12.4 Å². The highest BCUT2D eigenvalue weighted by Gasteiger charge is 2.19. The van der Waals surface area contributed by atoms with Crippen LogP contribution in [0.2, 0.25) is 0 Å². The number of nitrogens with one attached hydrogen (secondary N) is 1. The molecule has 1 amide bonds. The lowest BCUT2D eigenvalue weighted by Crippen LogP contribution is -2.40. The first-order valence-electron chi connectivity index (χ1n) is 7.86. The molecule has 4 heteroatoms. The number of amides is 1. The van der Waals surface area contributed by atoms with Gasteiger partial charge in [0.2, 0.25) is 5.91 Å². The number of anilines is 1. The Morgan fingerprint density at radius 3 is 2.65 bits per heavy atom. The van der Waals surface area contributed by atoms with Crippen LogP contribution in [0.3, 0.4) is 0 Å². The van der Waals surface area contributed by atoms with Crippen LogP contribution >= 0.6 is 0 Å². The summed E-state index contributed by atoms with van der Waals surface area (Å²) in [4.78, 5) is 12.2. The molecule has 0 bridgehead atoms. The molecule has 0 saturated carbocycles. The van der Waals surface area contributed by atoms with E-state index in [0.29, 0.717) is 0 Å². The zero-order chi connectivity index (χ0) is 16.8. The Morgan fingerprint density at radius 1 is 1.22 bits per heavy atom. The van der Waals surface area contributed by atoms with Gasteiger partial charge in [-0.15, -0.1) is 0 Å². The molecule has 0 aliphatic rings. The first-order valence-corrected chi connectivity index (χ1v) is 7.86. The number of para-hydroxylation sites is 1. The molecule has 0 aromatic heterocycles. The normalized spacial score (nSPS) is 13.2. The monoisotopic (exact) mass is 312 g/mol. The number of ether oxygens (including phenoxy) is 1. The molecule has 2 atom stereocenters. The van der Waals surface area contributed by atoms with E-state index < -0.39 is 6.04 Å². The van der Waals surface area contributed by atoms with Crippen molar-refractivity contribution in [3.8, 4) is 16.9 Å². The molecule has 2 rings (SSSR count). The van der Waals surface area contributed by atoms with Crippen molar-refractivity contribution in [3.63, 3.8) is 0 Å². The number of methoxy groups -OCH3 is 1. The fourth-order valence-corrected chi connectivity index (χ4v) is 2.39. The number of nitrogens with two attached hydrogens (primary N) is 1. The van der Waals surface area contributed by atoms with E-state index in [9.17, 15) is 4.79 Å². The predicted octanol–water partition coefficient (Wildman–Crippen LogP) is 3.67. The Balaban J connectivity index is 2.22. The van der Waals surface area contributed by atoms with Crippen LogP contribution in [-0.2, 0) is 4.79 Å². The van der Waals surface area contributed by atoms with Gasteiger partial charge in [0.05, 0.1) is 13.2 Å². The summed E-state index contributed by atoms with van der Waals surface area (Å²) in [6.45, 7) is 4.01. The van der Waals surface area contributed by atoms with Crippen LogP contribution in [-0.4, -0.2) is 19.1 Å². The molecule has 0 spiro atoms. The second-order valence-electron chi connectivity index (χ2n) is 5.68. The molecule has 3 N–H and O–H groups in total. The van der Waals surface area contributed by atoms with Crippen LogP contribution in [0.25, 0.3) is 11.1 Å². The van der Waals surface area contributed by atoms with E-state index in [2.05, 4.69) is 5.32 Å². The molecular formula is C19H24N2O2. The first-order chi connectivity index (χ1) is 11.1. The fraction of sp³-hybridized carbons (Fsp3) is 0.316. The van der Waals surface area contributed by atoms with Crippen molar-refractivity contribution < 1.29 is 9.53 Å². The van der Waals surface area contributed by atoms with E-state index >= 15 is 0 Å². The van der Waals surface area contributed by atoms with Crippen molar-refractivity contribution >= 4 is 11.6 Å². The van der Waals surface area contributed by atoms with Gasteiger partial charge in [-0.1, -0.05) is 50.6 Å². The minimum absolute atomic E-state index is 0.146. The minimum atomic E-state index is -0.505. The summed E-state index contributed by atoms with van der Waals surface area (Å²) in [7, 11) is 1.65. The summed E-state index contributed by atoms with van der Waals surface area (Å²) in [6.07, 6.45) is 0.871. The second kappa shape index (κ2) is 7.79. The highest BCUT2D eigenvalue weighted by molar-refractivity contribution is 5.95. The van der Waals surface area contributed by atoms with Crippen LogP contribution in [0, 0.1) is 5.92 Å². The van der Waals surface area contributed by atoms with E-state index in [-0.39, 0.29) is 11.8 Å². The van der Waals surface area contributed by atoms with Crippen LogP contribution in [0.15, 0.2) is 48.5 Å². The Bertz CT molecular complexity index is 670. The van der Waals surface area contributed by atoms with Gasteiger partial charge in [-0.3, -0.25) is 4.79 Å². The Kier molecular flexibility index (Phi) is 5.77. The third kappa shape index (κ3) is 4.11. The molecule has 0 radical (unpaired) electrons. The molecule has 0 heterocycles. The van der Waals surface area contributed by atoms with E-state index in [1.54, 1.807) is 7.11 Å². The molecule has 2 unspecified atom stereocenters. The highest BCUT2D eigenvalue weighted by atomic mass is 16.5. The molecule has 0 saturated heterocycles. The third-order valence-corrected chi connectivity index (χ3v) is 4.11. The van der Waals surface area contributed by atoms with Crippen molar-refractivity contribution in [1.29, 1.82) is 0 Å². The van der Waals surface area contributed by atoms with E-state index in [4.69, 9.17) is 10.5 Å². The first kappa shape index (κ1) is 17.0. The Morgan fingerprint density at radius 2 is 1.96 bits per heavy atom. The number of carbonyl (C=O) groups is 1. The van der Waals surface area contributed by atoms with E-state index in [0.717, 1.165) is 29.0 Å². The van der Waals surface area contributed by atoms with Crippen molar-refractivity contribution in [2.45, 2.75) is 26.3 Å². The summed E-state index contributed by atoms with van der Waals surface area (Å²) < 4.78 is 5.40. The Labute approximate surface area is 137 Å². The highest BCUT2D eigenvalue weighted by Crippen LogP contribution is 2.31. The summed E-state index contributed by atoms with van der Waals surface area (Å²) in [5, 5.41) is 2.90. The molecular weight excluding hydrogens is 288 g/mol. The number of benzene rings is 2. The smallest absolute Gasteiger partial charge is 0.241 e. The average molecular weight is 312 g/mol. The van der Waals surface area contributed by atoms with Gasteiger partial charge in [0.1, 0.15) is 5.75 Å². The predicted molar refractivity (Wildman–Crippen MR) is 94.5 cm³/mol. The van der Waals surface area contributed by atoms with Crippen LogP contribution in [0.1, 0.15) is 20.3 Å². The van der Waals surface area contributed by atoms with Crippen LogP contribution < -0.4 is 15.8 Å². The second-order valence-corrected chi connectivity index (χ2v) is 5.68. The van der Waals surface area contributed by atoms with E-state index in [1.807, 2.05) is 62.4 Å². The third-order valence-electron chi connectivity index (χ3n) is 4.11. The van der Waals surface area contributed by atoms with Gasteiger partial charge < -0.3 is 15.8 Å².